The van der Waals surface area contributed by atoms with Crippen LogP contribution in [0.15, 0.2) is 68.6 Å². The highest BCUT2D eigenvalue weighted by Crippen LogP contribution is 2.42. The van der Waals surface area contributed by atoms with E-state index >= 15 is 0 Å². The lowest BCUT2D eigenvalue weighted by Crippen LogP contribution is -2.07. The number of ether oxygens (including phenoxy) is 1. The van der Waals surface area contributed by atoms with Crippen molar-refractivity contribution in [2.45, 2.75) is 16.3 Å². The molecule has 0 aliphatic rings. The first kappa shape index (κ1) is 27.1. The van der Waals surface area contributed by atoms with Crippen molar-refractivity contribution in [3.05, 3.63) is 59.6 Å². The van der Waals surface area contributed by atoms with E-state index in [0.717, 1.165) is 12.1 Å². The standard InChI is InChI=1S/C21H17ClN6O8S2/c1-36-21-25-17(24-20(22)26-21)10-23-12-6-7-13-11(8-12)9-16(38(33,34)35)18(19(13)29)28-27-14-4-2-3-5-15(14)37(30,31)32/h2-9,23,29H,10H2,1H3,(H,30,31,32)(H,33,34,35). The van der Waals surface area contributed by atoms with E-state index < -0.39 is 41.5 Å². The topological polar surface area (TPSA) is 214 Å². The molecule has 0 aliphatic carbocycles. The molecule has 1 aromatic heterocycles. The molecule has 1 heterocycles. The monoisotopic (exact) mass is 580 g/mol. The Morgan fingerprint density at radius 1 is 0.947 bits per heavy atom. The molecule has 0 unspecified atom stereocenters. The van der Waals surface area contributed by atoms with Crippen LogP contribution in [0.5, 0.6) is 11.8 Å². The van der Waals surface area contributed by atoms with Gasteiger partial charge in [-0.3, -0.25) is 9.11 Å². The molecule has 0 amide bonds. The first-order chi connectivity index (χ1) is 17.9. The summed E-state index contributed by atoms with van der Waals surface area (Å²) in [5, 5.41) is 21.5. The molecule has 3 aromatic carbocycles. The zero-order valence-electron chi connectivity index (χ0n) is 19.1. The van der Waals surface area contributed by atoms with Gasteiger partial charge in [-0.25, -0.2) is 4.98 Å². The first-order valence-corrected chi connectivity index (χ1v) is 13.6. The number of methoxy groups -OCH3 is 1. The highest BCUT2D eigenvalue weighted by atomic mass is 35.5. The van der Waals surface area contributed by atoms with Gasteiger partial charge in [-0.05, 0) is 53.4 Å². The van der Waals surface area contributed by atoms with Gasteiger partial charge < -0.3 is 15.2 Å². The predicted octanol–water partition coefficient (Wildman–Crippen LogP) is 3.91. The molecule has 0 saturated heterocycles. The van der Waals surface area contributed by atoms with Crippen molar-refractivity contribution in [1.82, 2.24) is 15.0 Å². The Labute approximate surface area is 220 Å². The van der Waals surface area contributed by atoms with Gasteiger partial charge in [-0.2, -0.15) is 26.8 Å². The maximum Gasteiger partial charge on any atom is 0.320 e. The number of phenolic OH excluding ortho intramolecular Hbond substituents is 1. The number of hydrogen-bond acceptors (Lipinski definition) is 12. The quantitative estimate of drug-likeness (QED) is 0.172. The molecule has 38 heavy (non-hydrogen) atoms. The van der Waals surface area contributed by atoms with Crippen molar-refractivity contribution in [1.29, 1.82) is 0 Å². The van der Waals surface area contributed by atoms with E-state index in [1.54, 1.807) is 6.07 Å². The number of fused-ring (bicyclic) bond motifs is 1. The maximum atomic E-state index is 12.1. The number of halogens is 1. The lowest BCUT2D eigenvalue weighted by Gasteiger charge is -2.11. The normalized spacial score (nSPS) is 12.2. The Kier molecular flexibility index (Phi) is 7.43. The minimum absolute atomic E-state index is 0.0175. The predicted molar refractivity (Wildman–Crippen MR) is 135 cm³/mol. The van der Waals surface area contributed by atoms with Gasteiger partial charge in [0.1, 0.15) is 21.2 Å². The molecule has 14 nitrogen and oxygen atoms in total. The third-order valence-corrected chi connectivity index (χ3v) is 6.93. The molecule has 4 rings (SSSR count). The summed E-state index contributed by atoms with van der Waals surface area (Å²) in [5.41, 5.74) is -0.506. The molecule has 0 spiro atoms. The fraction of sp³-hybridized carbons (Fsp3) is 0.0952. The molecule has 0 aliphatic heterocycles. The number of nitrogens with one attached hydrogen (secondary N) is 1. The fourth-order valence-corrected chi connectivity index (χ4v) is 4.79. The van der Waals surface area contributed by atoms with E-state index in [0.29, 0.717) is 5.69 Å². The number of hydrogen-bond donors (Lipinski definition) is 4. The van der Waals surface area contributed by atoms with Crippen LogP contribution in [0.4, 0.5) is 17.1 Å². The average Bonchev–Trinajstić information content (AvgIpc) is 2.85. The Balaban J connectivity index is 1.75. The van der Waals surface area contributed by atoms with Gasteiger partial charge in [0, 0.05) is 11.1 Å². The highest BCUT2D eigenvalue weighted by Gasteiger charge is 2.23. The Hall–Kier alpha value is -3.96. The molecule has 4 N–H and O–H groups in total. The summed E-state index contributed by atoms with van der Waals surface area (Å²) >= 11 is 5.84. The molecule has 0 atom stereocenters. The molecule has 0 bridgehead atoms. The van der Waals surface area contributed by atoms with Crippen LogP contribution in [0.1, 0.15) is 5.82 Å². The van der Waals surface area contributed by atoms with Gasteiger partial charge in [0.25, 0.3) is 20.2 Å². The van der Waals surface area contributed by atoms with Crippen molar-refractivity contribution in [3.63, 3.8) is 0 Å². The van der Waals surface area contributed by atoms with E-state index in [4.69, 9.17) is 16.3 Å². The number of phenols is 1. The second-order valence-corrected chi connectivity index (χ2v) is 10.6. The number of azo groups is 1. The highest BCUT2D eigenvalue weighted by molar-refractivity contribution is 7.86. The maximum absolute atomic E-state index is 12.1. The van der Waals surface area contributed by atoms with Crippen LogP contribution < -0.4 is 10.1 Å². The van der Waals surface area contributed by atoms with Gasteiger partial charge in [0.05, 0.1) is 13.7 Å². The molecule has 0 fully saturated rings. The molecule has 0 radical (unpaired) electrons. The van der Waals surface area contributed by atoms with E-state index in [1.165, 1.54) is 37.4 Å². The SMILES string of the molecule is COc1nc(Cl)nc(CNc2ccc3c(O)c(N=Nc4ccccc4S(=O)(=O)O)c(S(=O)(=O)O)cc3c2)n1. The summed E-state index contributed by atoms with van der Waals surface area (Å²) in [6.07, 6.45) is 0. The number of benzene rings is 3. The Morgan fingerprint density at radius 3 is 2.34 bits per heavy atom. The molecular formula is C21H17ClN6O8S2. The molecule has 0 saturated carbocycles. The molecular weight excluding hydrogens is 564 g/mol. The van der Waals surface area contributed by atoms with Crippen molar-refractivity contribution in [2.75, 3.05) is 12.4 Å². The summed E-state index contributed by atoms with van der Waals surface area (Å²) in [6.45, 7) is 0.0840. The van der Waals surface area contributed by atoms with Crippen LogP contribution in [0.2, 0.25) is 5.28 Å². The van der Waals surface area contributed by atoms with Crippen molar-refractivity contribution < 1.29 is 35.8 Å². The molecule has 17 heteroatoms. The summed E-state index contributed by atoms with van der Waals surface area (Å²) in [6, 6.07) is 10.6. The molecule has 198 valence electrons. The van der Waals surface area contributed by atoms with Crippen LogP contribution in [-0.2, 0) is 26.8 Å². The van der Waals surface area contributed by atoms with Crippen LogP contribution in [0, 0.1) is 0 Å². The lowest BCUT2D eigenvalue weighted by atomic mass is 10.1. The van der Waals surface area contributed by atoms with Crippen molar-refractivity contribution in [2.24, 2.45) is 10.2 Å². The van der Waals surface area contributed by atoms with E-state index in [-0.39, 0.29) is 40.1 Å². The van der Waals surface area contributed by atoms with Gasteiger partial charge in [0.15, 0.2) is 11.6 Å². The van der Waals surface area contributed by atoms with Crippen LogP contribution in [-0.4, -0.2) is 53.1 Å². The number of aromatic nitrogens is 3. The second-order valence-electron chi connectivity index (χ2n) is 7.49. The summed E-state index contributed by atoms with van der Waals surface area (Å²) < 4.78 is 71.6. The van der Waals surface area contributed by atoms with E-state index in [1.807, 2.05) is 0 Å². The summed E-state index contributed by atoms with van der Waals surface area (Å²) in [5.74, 6) is -0.395. The van der Waals surface area contributed by atoms with Crippen molar-refractivity contribution >= 4 is 59.7 Å². The summed E-state index contributed by atoms with van der Waals surface area (Å²) in [4.78, 5) is 10.4. The fourth-order valence-electron chi connectivity index (χ4n) is 3.34. The van der Waals surface area contributed by atoms with Crippen LogP contribution in [0.3, 0.4) is 0 Å². The van der Waals surface area contributed by atoms with Crippen LogP contribution >= 0.6 is 11.6 Å². The first-order valence-electron chi connectivity index (χ1n) is 10.3. The minimum Gasteiger partial charge on any atom is -0.505 e. The number of aromatic hydroxyl groups is 1. The zero-order valence-corrected chi connectivity index (χ0v) is 21.5. The van der Waals surface area contributed by atoms with Gasteiger partial charge in [0.2, 0.25) is 5.28 Å². The number of nitrogens with zero attached hydrogens (tertiary/aromatic N) is 5. The third kappa shape index (κ3) is 5.95. The smallest absolute Gasteiger partial charge is 0.320 e. The van der Waals surface area contributed by atoms with Crippen molar-refractivity contribution in [3.8, 4) is 11.8 Å². The summed E-state index contributed by atoms with van der Waals surface area (Å²) in [7, 11) is -8.24. The van der Waals surface area contributed by atoms with Gasteiger partial charge in [-0.1, -0.05) is 12.1 Å². The van der Waals surface area contributed by atoms with E-state index in [9.17, 15) is 31.0 Å². The van der Waals surface area contributed by atoms with E-state index in [2.05, 4.69) is 30.5 Å². The third-order valence-electron chi connectivity index (χ3n) is 5.00. The largest absolute Gasteiger partial charge is 0.505 e. The Bertz CT molecular complexity index is 1800. The second kappa shape index (κ2) is 10.4. The molecule has 4 aromatic rings. The van der Waals surface area contributed by atoms with Gasteiger partial charge in [-0.15, -0.1) is 10.2 Å². The Morgan fingerprint density at radius 2 is 1.66 bits per heavy atom. The lowest BCUT2D eigenvalue weighted by molar-refractivity contribution is 0.376. The van der Waals surface area contributed by atoms with Crippen LogP contribution in [0.25, 0.3) is 10.8 Å². The number of anilines is 1. The number of rotatable bonds is 8. The van der Waals surface area contributed by atoms with Gasteiger partial charge >= 0.3 is 6.01 Å². The zero-order chi connectivity index (χ0) is 27.7. The average molecular weight is 581 g/mol. The minimum atomic E-state index is -4.93.